The molecule has 0 spiro atoms. The number of aromatic hydroxyl groups is 1. The van der Waals surface area contributed by atoms with E-state index < -0.39 is 0 Å². The van der Waals surface area contributed by atoms with Crippen molar-refractivity contribution < 1.29 is 14.6 Å². The van der Waals surface area contributed by atoms with Crippen LogP contribution in [0.3, 0.4) is 0 Å². The lowest BCUT2D eigenvalue weighted by atomic mass is 10.1. The van der Waals surface area contributed by atoms with Crippen LogP contribution < -0.4 is 15.8 Å². The van der Waals surface area contributed by atoms with Crippen LogP contribution in [-0.4, -0.2) is 17.1 Å². The summed E-state index contributed by atoms with van der Waals surface area (Å²) in [7, 11) is 0. The minimum Gasteiger partial charge on any atom is -0.507 e. The lowest BCUT2D eigenvalue weighted by Gasteiger charge is -2.15. The highest BCUT2D eigenvalue weighted by Gasteiger charge is 2.20. The summed E-state index contributed by atoms with van der Waals surface area (Å²) in [5.41, 5.74) is 8.60. The molecule has 1 amide bonds. The van der Waals surface area contributed by atoms with E-state index in [4.69, 9.17) is 10.5 Å². The number of aryl methyl sites for hydroxylation is 2. The van der Waals surface area contributed by atoms with Gasteiger partial charge in [0.2, 0.25) is 0 Å². The van der Waals surface area contributed by atoms with Crippen molar-refractivity contribution in [2.24, 2.45) is 0 Å². The van der Waals surface area contributed by atoms with Gasteiger partial charge in [-0.25, -0.2) is 0 Å². The standard InChI is InChI=1S/C20H24N2O3/c1-12-9-14(21)10-13(2)19(12)25-16-7-8-18(23)17(11-16)20(24)22-15-5-3-4-6-15/h7-11,15,23H,3-6,21H2,1-2H3,(H,22,24). The molecular weight excluding hydrogens is 316 g/mol. The monoisotopic (exact) mass is 340 g/mol. The maximum atomic E-state index is 12.5. The van der Waals surface area contributed by atoms with Crippen molar-refractivity contribution in [2.45, 2.75) is 45.6 Å². The van der Waals surface area contributed by atoms with Gasteiger partial charge >= 0.3 is 0 Å². The molecule has 0 bridgehead atoms. The Bertz CT molecular complexity index is 773. The van der Waals surface area contributed by atoms with Crippen LogP contribution in [-0.2, 0) is 0 Å². The van der Waals surface area contributed by atoms with Crippen molar-refractivity contribution in [3.05, 3.63) is 47.0 Å². The van der Waals surface area contributed by atoms with Gasteiger partial charge in [0.05, 0.1) is 5.56 Å². The van der Waals surface area contributed by atoms with E-state index in [-0.39, 0.29) is 23.3 Å². The topological polar surface area (TPSA) is 84.6 Å². The Labute approximate surface area is 147 Å². The second-order valence-electron chi connectivity index (χ2n) is 6.72. The molecule has 132 valence electrons. The maximum Gasteiger partial charge on any atom is 0.255 e. The van der Waals surface area contributed by atoms with Gasteiger partial charge in [0.15, 0.2) is 0 Å². The minimum absolute atomic E-state index is 0.0476. The third-order valence-corrected chi connectivity index (χ3v) is 4.61. The summed E-state index contributed by atoms with van der Waals surface area (Å²) >= 11 is 0. The van der Waals surface area contributed by atoms with Gasteiger partial charge in [-0.1, -0.05) is 12.8 Å². The molecule has 3 rings (SSSR count). The number of nitrogens with two attached hydrogens (primary N) is 1. The molecule has 2 aromatic rings. The van der Waals surface area contributed by atoms with Gasteiger partial charge in [-0.05, 0) is 68.1 Å². The lowest BCUT2D eigenvalue weighted by Crippen LogP contribution is -2.32. The summed E-state index contributed by atoms with van der Waals surface area (Å²) in [5.74, 6) is 0.904. The molecule has 0 aliphatic heterocycles. The average Bonchev–Trinajstić information content (AvgIpc) is 3.05. The van der Waals surface area contributed by atoms with Crippen LogP contribution in [0.25, 0.3) is 0 Å². The molecule has 0 saturated heterocycles. The molecule has 0 heterocycles. The predicted octanol–water partition coefficient (Wildman–Crippen LogP) is 4.06. The molecule has 2 aromatic carbocycles. The molecule has 1 aliphatic carbocycles. The van der Waals surface area contributed by atoms with Gasteiger partial charge in [-0.2, -0.15) is 0 Å². The molecule has 0 radical (unpaired) electrons. The van der Waals surface area contributed by atoms with Crippen LogP contribution >= 0.6 is 0 Å². The van der Waals surface area contributed by atoms with Crippen molar-refractivity contribution in [3.63, 3.8) is 0 Å². The van der Waals surface area contributed by atoms with E-state index in [9.17, 15) is 9.90 Å². The summed E-state index contributed by atoms with van der Waals surface area (Å²) in [4.78, 5) is 12.5. The van der Waals surface area contributed by atoms with Crippen molar-refractivity contribution in [1.82, 2.24) is 5.32 Å². The number of nitrogen functional groups attached to an aromatic ring is 1. The molecule has 5 nitrogen and oxygen atoms in total. The van der Waals surface area contributed by atoms with Crippen LogP contribution in [0.4, 0.5) is 5.69 Å². The van der Waals surface area contributed by atoms with Crippen LogP contribution in [0.15, 0.2) is 30.3 Å². The third kappa shape index (κ3) is 3.87. The summed E-state index contributed by atoms with van der Waals surface area (Å²) in [5, 5.41) is 13.0. The van der Waals surface area contributed by atoms with Crippen molar-refractivity contribution in [3.8, 4) is 17.2 Å². The van der Waals surface area contributed by atoms with Gasteiger partial charge in [0, 0.05) is 11.7 Å². The molecule has 0 aromatic heterocycles. The molecule has 0 atom stereocenters. The van der Waals surface area contributed by atoms with Crippen LogP contribution in [0, 0.1) is 13.8 Å². The van der Waals surface area contributed by atoms with Gasteiger partial charge in [-0.3, -0.25) is 4.79 Å². The quantitative estimate of drug-likeness (QED) is 0.733. The first kappa shape index (κ1) is 17.1. The molecule has 4 N–H and O–H groups in total. The van der Waals surface area contributed by atoms with E-state index in [0.29, 0.717) is 17.2 Å². The molecule has 0 unspecified atom stereocenters. The number of carbonyl (C=O) groups is 1. The Kier molecular flexibility index (Phi) is 4.83. The van der Waals surface area contributed by atoms with Gasteiger partial charge < -0.3 is 20.9 Å². The molecule has 1 fully saturated rings. The van der Waals surface area contributed by atoms with Crippen LogP contribution in [0.1, 0.15) is 47.2 Å². The van der Waals surface area contributed by atoms with Gasteiger partial charge in [0.25, 0.3) is 5.91 Å². The smallest absolute Gasteiger partial charge is 0.255 e. The number of phenolic OH excluding ortho intramolecular Hbond substituents is 1. The van der Waals surface area contributed by atoms with E-state index >= 15 is 0 Å². The highest BCUT2D eigenvalue weighted by molar-refractivity contribution is 5.97. The second kappa shape index (κ2) is 7.05. The van der Waals surface area contributed by atoms with Crippen molar-refractivity contribution >= 4 is 11.6 Å². The fourth-order valence-electron chi connectivity index (χ4n) is 3.36. The van der Waals surface area contributed by atoms with Gasteiger partial charge in [0.1, 0.15) is 17.2 Å². The zero-order valence-corrected chi connectivity index (χ0v) is 14.6. The number of benzene rings is 2. The summed E-state index contributed by atoms with van der Waals surface area (Å²) < 4.78 is 5.96. The largest absolute Gasteiger partial charge is 0.507 e. The zero-order chi connectivity index (χ0) is 18.0. The Morgan fingerprint density at radius 1 is 1.16 bits per heavy atom. The molecule has 5 heteroatoms. The Hall–Kier alpha value is -2.69. The highest BCUT2D eigenvalue weighted by atomic mass is 16.5. The van der Waals surface area contributed by atoms with Crippen LogP contribution in [0.5, 0.6) is 17.2 Å². The number of phenols is 1. The maximum absolute atomic E-state index is 12.5. The van der Waals surface area contributed by atoms with Crippen molar-refractivity contribution in [2.75, 3.05) is 5.73 Å². The predicted molar refractivity (Wildman–Crippen MR) is 98.2 cm³/mol. The average molecular weight is 340 g/mol. The summed E-state index contributed by atoms with van der Waals surface area (Å²) in [6.07, 6.45) is 4.25. The number of carbonyl (C=O) groups excluding carboxylic acids is 1. The van der Waals surface area contributed by atoms with Crippen LogP contribution in [0.2, 0.25) is 0 Å². The SMILES string of the molecule is Cc1cc(N)cc(C)c1Oc1ccc(O)c(C(=O)NC2CCCC2)c1. The Morgan fingerprint density at radius 2 is 1.80 bits per heavy atom. The first-order valence-electron chi connectivity index (χ1n) is 8.62. The molecule has 1 aliphatic rings. The molecular formula is C20H24N2O3. The number of amides is 1. The first-order valence-corrected chi connectivity index (χ1v) is 8.62. The number of nitrogens with one attached hydrogen (secondary N) is 1. The number of hydrogen-bond acceptors (Lipinski definition) is 4. The van der Waals surface area contributed by atoms with Crippen molar-refractivity contribution in [1.29, 1.82) is 0 Å². The summed E-state index contributed by atoms with van der Waals surface area (Å²) in [6.45, 7) is 3.85. The molecule has 1 saturated carbocycles. The van der Waals surface area contributed by atoms with Gasteiger partial charge in [-0.15, -0.1) is 0 Å². The van der Waals surface area contributed by atoms with E-state index in [2.05, 4.69) is 5.32 Å². The lowest BCUT2D eigenvalue weighted by molar-refractivity contribution is 0.0935. The minimum atomic E-state index is -0.263. The fraction of sp³-hybridized carbons (Fsp3) is 0.350. The normalized spacial score (nSPS) is 14.5. The Balaban J connectivity index is 1.83. The fourth-order valence-corrected chi connectivity index (χ4v) is 3.36. The number of ether oxygens (including phenoxy) is 1. The number of anilines is 1. The van der Waals surface area contributed by atoms with E-state index in [1.54, 1.807) is 12.1 Å². The number of hydrogen-bond donors (Lipinski definition) is 3. The van der Waals surface area contributed by atoms with E-state index in [0.717, 1.165) is 36.8 Å². The zero-order valence-electron chi connectivity index (χ0n) is 14.6. The summed E-state index contributed by atoms with van der Waals surface area (Å²) in [6, 6.07) is 8.59. The number of rotatable bonds is 4. The first-order chi connectivity index (χ1) is 11.9. The molecule has 25 heavy (non-hydrogen) atoms. The van der Waals surface area contributed by atoms with E-state index in [1.807, 2.05) is 26.0 Å². The third-order valence-electron chi connectivity index (χ3n) is 4.61. The second-order valence-corrected chi connectivity index (χ2v) is 6.72. The highest BCUT2D eigenvalue weighted by Crippen LogP contribution is 2.33. The Morgan fingerprint density at radius 3 is 2.44 bits per heavy atom. The van der Waals surface area contributed by atoms with E-state index in [1.165, 1.54) is 6.07 Å².